The molecule has 37 heavy (non-hydrogen) atoms. The van der Waals surface area contributed by atoms with Crippen LogP contribution < -0.4 is 15.6 Å². The van der Waals surface area contributed by atoms with Crippen molar-refractivity contribution in [1.29, 1.82) is 0 Å². The van der Waals surface area contributed by atoms with Gasteiger partial charge < -0.3 is 20.9 Å². The molecule has 1 fully saturated rings. The second-order valence-corrected chi connectivity index (χ2v) is 9.38. The van der Waals surface area contributed by atoms with Crippen molar-refractivity contribution in [1.82, 2.24) is 10.2 Å². The average molecular weight is 532 g/mol. The summed E-state index contributed by atoms with van der Waals surface area (Å²) in [4.78, 5) is 51.7. The minimum absolute atomic E-state index is 0.0970. The predicted octanol–water partition coefficient (Wildman–Crippen LogP) is 2.61. The number of hydrogen-bond donors (Lipinski definition) is 3. The molecule has 1 aliphatic carbocycles. The van der Waals surface area contributed by atoms with Crippen LogP contribution in [0.1, 0.15) is 54.4 Å². The third-order valence-corrected chi connectivity index (χ3v) is 6.91. The number of rotatable bonds is 10. The maximum absolute atomic E-state index is 13.2. The van der Waals surface area contributed by atoms with Crippen LogP contribution >= 0.6 is 11.6 Å². The van der Waals surface area contributed by atoms with Gasteiger partial charge in [-0.15, -0.1) is 0 Å². The van der Waals surface area contributed by atoms with E-state index in [4.69, 9.17) is 22.1 Å². The number of aromatic nitrogens is 1. The van der Waals surface area contributed by atoms with Crippen LogP contribution in [0.25, 0.3) is 0 Å². The monoisotopic (exact) mass is 531 g/mol. The fourth-order valence-electron chi connectivity index (χ4n) is 4.57. The van der Waals surface area contributed by atoms with E-state index in [0.29, 0.717) is 36.4 Å². The minimum atomic E-state index is -1.23. The van der Waals surface area contributed by atoms with Crippen LogP contribution in [0.4, 0.5) is 4.79 Å². The molecule has 198 valence electrons. The van der Waals surface area contributed by atoms with Gasteiger partial charge in [-0.3, -0.25) is 14.5 Å². The summed E-state index contributed by atoms with van der Waals surface area (Å²) in [5, 5.41) is 12.2. The Bertz CT molecular complexity index is 1160. The lowest BCUT2D eigenvalue weighted by atomic mass is 9.74. The van der Waals surface area contributed by atoms with E-state index in [0.717, 1.165) is 12.8 Å². The van der Waals surface area contributed by atoms with Crippen LogP contribution in [0.3, 0.4) is 0 Å². The molecule has 4 N–H and O–H groups in total. The molecule has 1 heterocycles. The Hall–Kier alpha value is -3.50. The molecule has 11 heteroatoms. The number of carboxylic acids is 1. The highest BCUT2D eigenvalue weighted by molar-refractivity contribution is 6.31. The van der Waals surface area contributed by atoms with E-state index in [9.17, 15) is 24.3 Å². The summed E-state index contributed by atoms with van der Waals surface area (Å²) in [6.07, 6.45) is 5.24. The van der Waals surface area contributed by atoms with Crippen LogP contribution in [0, 0.1) is 0 Å². The molecular formula is C26H32ClN4O6+. The minimum Gasteiger partial charge on any atom is -0.480 e. The lowest BCUT2D eigenvalue weighted by molar-refractivity contribution is -0.727. The van der Waals surface area contributed by atoms with E-state index in [1.165, 1.54) is 28.8 Å². The summed E-state index contributed by atoms with van der Waals surface area (Å²) in [5.74, 6) is -1.82. The van der Waals surface area contributed by atoms with Crippen molar-refractivity contribution in [3.05, 3.63) is 64.9 Å². The van der Waals surface area contributed by atoms with Crippen LogP contribution in [-0.2, 0) is 26.6 Å². The van der Waals surface area contributed by atoms with Gasteiger partial charge in [0.2, 0.25) is 0 Å². The molecule has 0 spiro atoms. The van der Waals surface area contributed by atoms with Gasteiger partial charge in [0, 0.05) is 30.1 Å². The molecule has 0 unspecified atom stereocenters. The van der Waals surface area contributed by atoms with Crippen molar-refractivity contribution in [2.45, 2.75) is 56.8 Å². The highest BCUT2D eigenvalue weighted by Crippen LogP contribution is 2.42. The number of halogens is 1. The molecule has 1 aliphatic rings. The Kier molecular flexibility index (Phi) is 9.60. The number of nitrogens with zero attached hydrogens (tertiary/aromatic N) is 2. The Labute approximate surface area is 220 Å². The first kappa shape index (κ1) is 28.1. The summed E-state index contributed by atoms with van der Waals surface area (Å²) in [7, 11) is 1.52. The van der Waals surface area contributed by atoms with Crippen LogP contribution in [0.5, 0.6) is 0 Å². The highest BCUT2D eigenvalue weighted by atomic mass is 35.5. The van der Waals surface area contributed by atoms with Crippen molar-refractivity contribution in [3.63, 3.8) is 0 Å². The van der Waals surface area contributed by atoms with E-state index < -0.39 is 29.6 Å². The number of ketones is 1. The van der Waals surface area contributed by atoms with Gasteiger partial charge in [0.1, 0.15) is 17.1 Å². The van der Waals surface area contributed by atoms with E-state index in [1.54, 1.807) is 36.5 Å². The number of carboxylic acid groups (broad SMARTS) is 1. The van der Waals surface area contributed by atoms with E-state index in [1.807, 2.05) is 0 Å². The number of hydrogen-bond acceptors (Lipinski definition) is 6. The number of carbonyl (C=O) groups excluding carboxylic acids is 3. The largest absolute Gasteiger partial charge is 0.480 e. The number of amides is 2. The zero-order valence-electron chi connectivity index (χ0n) is 20.7. The summed E-state index contributed by atoms with van der Waals surface area (Å²) >= 11 is 6.45. The molecule has 1 aromatic carbocycles. The van der Waals surface area contributed by atoms with Gasteiger partial charge in [-0.2, -0.15) is 4.57 Å². The van der Waals surface area contributed by atoms with Crippen molar-refractivity contribution in [3.8, 4) is 0 Å². The maximum Gasteiger partial charge on any atom is 0.415 e. The number of nitrogens with one attached hydrogen (secondary N) is 1. The zero-order valence-corrected chi connectivity index (χ0v) is 21.4. The molecule has 1 aromatic heterocycles. The van der Waals surface area contributed by atoms with Gasteiger partial charge in [-0.05, 0) is 50.8 Å². The molecule has 2 aromatic rings. The van der Waals surface area contributed by atoms with E-state index >= 15 is 0 Å². The van der Waals surface area contributed by atoms with Crippen LogP contribution in [-0.4, -0.2) is 53.4 Å². The normalized spacial score (nSPS) is 18.1. The summed E-state index contributed by atoms with van der Waals surface area (Å²) in [5.41, 5.74) is 4.98. The Balaban J connectivity index is 1.73. The highest BCUT2D eigenvalue weighted by Gasteiger charge is 2.48. The first-order valence-electron chi connectivity index (χ1n) is 12.1. The molecule has 0 aliphatic heterocycles. The standard InChI is InChI=1S/C26H31ClN4O6/c1-30(26(13-5-4-12-22(26)32)19-9-2-3-10-20(19)27)25(36)37-17-31-15-7-8-18(16-31)23(33)29-21(24(34)35)11-6-14-28/h2-3,7-10,15-16,21H,4-6,11-14,17,28H2,1H3,(H-,29,33,34,35)/p+1/t21-,26-/m0/s1. The topological polar surface area (TPSA) is 143 Å². The van der Waals surface area contributed by atoms with E-state index in [2.05, 4.69) is 5.32 Å². The molecule has 3 rings (SSSR count). The molecule has 0 radical (unpaired) electrons. The fraction of sp³-hybridized carbons (Fsp3) is 0.423. The van der Waals surface area contributed by atoms with Gasteiger partial charge >= 0.3 is 12.1 Å². The Morgan fingerprint density at radius 3 is 2.68 bits per heavy atom. The Morgan fingerprint density at radius 1 is 1.24 bits per heavy atom. The average Bonchev–Trinajstić information content (AvgIpc) is 2.90. The summed E-state index contributed by atoms with van der Waals surface area (Å²) in [6.45, 7) is 0.0841. The zero-order chi connectivity index (χ0) is 27.0. The van der Waals surface area contributed by atoms with Gasteiger partial charge in [-0.25, -0.2) is 9.59 Å². The SMILES string of the molecule is CN(C(=O)OC[n+]1cccc(C(=O)N[C@@H](CCCN)C(=O)O)c1)[C@]1(c2ccccc2Cl)CCCCC1=O. The van der Waals surface area contributed by atoms with Crippen molar-refractivity contribution in [2.75, 3.05) is 13.6 Å². The number of pyridine rings is 1. The van der Waals surface area contributed by atoms with Gasteiger partial charge in [0.05, 0.1) is 0 Å². The maximum atomic E-state index is 13.2. The Morgan fingerprint density at radius 2 is 2.00 bits per heavy atom. The number of Topliss-reactive ketones (excluding diaryl/α,β-unsaturated/α-hetero) is 1. The van der Waals surface area contributed by atoms with Crippen LogP contribution in [0.2, 0.25) is 5.02 Å². The lowest BCUT2D eigenvalue weighted by Crippen LogP contribution is -2.55. The molecule has 0 bridgehead atoms. The van der Waals surface area contributed by atoms with Crippen LogP contribution in [0.15, 0.2) is 48.8 Å². The number of nitrogens with two attached hydrogens (primary N) is 1. The fourth-order valence-corrected chi connectivity index (χ4v) is 4.86. The summed E-state index contributed by atoms with van der Waals surface area (Å²) in [6, 6.07) is 9.03. The van der Waals surface area contributed by atoms with Gasteiger partial charge in [0.15, 0.2) is 18.2 Å². The molecule has 2 amide bonds. The van der Waals surface area contributed by atoms with Gasteiger partial charge in [-0.1, -0.05) is 29.8 Å². The lowest BCUT2D eigenvalue weighted by Gasteiger charge is -2.43. The molecule has 0 saturated heterocycles. The van der Waals surface area contributed by atoms with E-state index in [-0.39, 0.29) is 24.5 Å². The molecule has 10 nitrogen and oxygen atoms in total. The number of likely N-dealkylation sites (N-methyl/N-ethyl adjacent to an activating group) is 1. The van der Waals surface area contributed by atoms with Gasteiger partial charge in [0.25, 0.3) is 12.6 Å². The third kappa shape index (κ3) is 6.44. The van der Waals surface area contributed by atoms with Crippen molar-refractivity contribution < 1.29 is 33.6 Å². The smallest absolute Gasteiger partial charge is 0.415 e. The summed E-state index contributed by atoms with van der Waals surface area (Å²) < 4.78 is 6.97. The quantitative estimate of drug-likeness (QED) is 0.400. The first-order valence-corrected chi connectivity index (χ1v) is 12.5. The number of benzene rings is 1. The predicted molar refractivity (Wildman–Crippen MR) is 135 cm³/mol. The number of carbonyl (C=O) groups is 4. The molecule has 2 atom stereocenters. The molecular weight excluding hydrogens is 500 g/mol. The number of ether oxygens (including phenoxy) is 1. The third-order valence-electron chi connectivity index (χ3n) is 6.58. The number of aliphatic carboxylic acids is 1. The van der Waals surface area contributed by atoms with Crippen molar-refractivity contribution in [2.24, 2.45) is 5.73 Å². The van der Waals surface area contributed by atoms with Crippen molar-refractivity contribution >= 4 is 35.4 Å². The molecule has 1 saturated carbocycles. The second kappa shape index (κ2) is 12.6. The second-order valence-electron chi connectivity index (χ2n) is 8.97. The first-order chi connectivity index (χ1) is 17.7.